The zero-order valence-electron chi connectivity index (χ0n) is 13.8. The summed E-state index contributed by atoms with van der Waals surface area (Å²) >= 11 is 1.24. The number of sulfonamides is 1. The van der Waals surface area contributed by atoms with Gasteiger partial charge in [0, 0.05) is 31.5 Å². The number of piperidine rings is 1. The SMILES string of the molecule is O=S(=O)(c1cccs1)N1CCC(Oc2ccc(-n3cccn3)nn2)CC1. The van der Waals surface area contributed by atoms with Crippen LogP contribution in [0.4, 0.5) is 0 Å². The van der Waals surface area contributed by atoms with Gasteiger partial charge < -0.3 is 4.74 Å². The van der Waals surface area contributed by atoms with Crippen molar-refractivity contribution >= 4 is 21.4 Å². The van der Waals surface area contributed by atoms with Gasteiger partial charge in [-0.15, -0.1) is 21.5 Å². The van der Waals surface area contributed by atoms with Gasteiger partial charge in [-0.2, -0.15) is 9.40 Å². The molecule has 1 fully saturated rings. The summed E-state index contributed by atoms with van der Waals surface area (Å²) in [6, 6.07) is 8.73. The molecule has 0 amide bonds. The lowest BCUT2D eigenvalue weighted by Crippen LogP contribution is -2.41. The topological polar surface area (TPSA) is 90.2 Å². The van der Waals surface area contributed by atoms with Gasteiger partial charge in [0.2, 0.25) is 5.88 Å². The molecule has 0 radical (unpaired) electrons. The van der Waals surface area contributed by atoms with Crippen molar-refractivity contribution in [1.29, 1.82) is 0 Å². The third kappa shape index (κ3) is 3.48. The van der Waals surface area contributed by atoms with Gasteiger partial charge in [0.15, 0.2) is 5.82 Å². The van der Waals surface area contributed by atoms with E-state index in [-0.39, 0.29) is 6.10 Å². The Bertz CT molecular complexity index is 932. The predicted molar refractivity (Wildman–Crippen MR) is 95.9 cm³/mol. The highest BCUT2D eigenvalue weighted by molar-refractivity contribution is 7.91. The van der Waals surface area contributed by atoms with Crippen LogP contribution in [0.1, 0.15) is 12.8 Å². The molecule has 0 unspecified atom stereocenters. The van der Waals surface area contributed by atoms with Crippen LogP contribution in [0.15, 0.2) is 52.3 Å². The summed E-state index contributed by atoms with van der Waals surface area (Å²) in [4.78, 5) is 0. The second-order valence-corrected chi connectivity index (χ2v) is 8.95. The molecule has 26 heavy (non-hydrogen) atoms. The molecule has 0 bridgehead atoms. The van der Waals surface area contributed by atoms with Gasteiger partial charge in [-0.25, -0.2) is 13.1 Å². The molecule has 1 aliphatic rings. The van der Waals surface area contributed by atoms with Gasteiger partial charge in [-0.1, -0.05) is 6.07 Å². The van der Waals surface area contributed by atoms with Crippen LogP contribution in [0.5, 0.6) is 5.88 Å². The summed E-state index contributed by atoms with van der Waals surface area (Å²) in [5.41, 5.74) is 0. The Morgan fingerprint density at radius 2 is 1.96 bits per heavy atom. The normalized spacial score (nSPS) is 16.6. The molecule has 0 saturated carbocycles. The van der Waals surface area contributed by atoms with Gasteiger partial charge in [0.25, 0.3) is 10.0 Å². The zero-order chi connectivity index (χ0) is 18.0. The van der Waals surface area contributed by atoms with Gasteiger partial charge in [0.1, 0.15) is 10.3 Å². The fourth-order valence-electron chi connectivity index (χ4n) is 2.80. The van der Waals surface area contributed by atoms with Crippen LogP contribution in [0.25, 0.3) is 5.82 Å². The average Bonchev–Trinajstić information content (AvgIpc) is 3.37. The van der Waals surface area contributed by atoms with Crippen molar-refractivity contribution in [3.05, 3.63) is 48.1 Å². The first-order valence-electron chi connectivity index (χ1n) is 8.17. The second-order valence-electron chi connectivity index (χ2n) is 5.83. The van der Waals surface area contributed by atoms with Crippen molar-refractivity contribution in [3.8, 4) is 11.7 Å². The van der Waals surface area contributed by atoms with E-state index < -0.39 is 10.0 Å². The fraction of sp³-hybridized carbons (Fsp3) is 0.312. The number of rotatable bonds is 5. The van der Waals surface area contributed by atoms with Crippen LogP contribution < -0.4 is 4.74 Å². The molecule has 4 heterocycles. The molecule has 0 aromatic carbocycles. The smallest absolute Gasteiger partial charge is 0.252 e. The Morgan fingerprint density at radius 3 is 2.58 bits per heavy atom. The van der Waals surface area contributed by atoms with Crippen molar-refractivity contribution < 1.29 is 13.2 Å². The van der Waals surface area contributed by atoms with E-state index in [0.717, 1.165) is 0 Å². The van der Waals surface area contributed by atoms with E-state index in [2.05, 4.69) is 15.3 Å². The standard InChI is InChI=1S/C16H17N5O3S2/c22-26(23,16-3-1-12-25-16)20-10-6-13(7-11-20)24-15-5-4-14(18-19-15)21-9-2-8-17-21/h1-5,8-9,12-13H,6-7,10-11H2. The van der Waals surface area contributed by atoms with Gasteiger partial charge in [0.05, 0.1) is 0 Å². The van der Waals surface area contributed by atoms with Crippen LogP contribution in [-0.2, 0) is 10.0 Å². The Labute approximate surface area is 155 Å². The summed E-state index contributed by atoms with van der Waals surface area (Å²) in [6.45, 7) is 0.868. The zero-order valence-corrected chi connectivity index (χ0v) is 15.4. The van der Waals surface area contributed by atoms with Crippen LogP contribution in [0.3, 0.4) is 0 Å². The molecule has 0 atom stereocenters. The highest BCUT2D eigenvalue weighted by Crippen LogP contribution is 2.25. The predicted octanol–water partition coefficient (Wildman–Crippen LogP) is 1.96. The molecule has 0 N–H and O–H groups in total. The molecular formula is C16H17N5O3S2. The highest BCUT2D eigenvalue weighted by atomic mass is 32.2. The Hall–Kier alpha value is -2.30. The summed E-state index contributed by atoms with van der Waals surface area (Å²) in [7, 11) is -3.39. The van der Waals surface area contributed by atoms with E-state index in [1.807, 2.05) is 6.07 Å². The minimum atomic E-state index is -3.39. The van der Waals surface area contributed by atoms with Crippen molar-refractivity contribution in [2.45, 2.75) is 23.2 Å². The first kappa shape index (κ1) is 17.1. The second kappa shape index (κ2) is 7.14. The van der Waals surface area contributed by atoms with Crippen molar-refractivity contribution in [2.75, 3.05) is 13.1 Å². The molecule has 10 heteroatoms. The van der Waals surface area contributed by atoms with E-state index in [4.69, 9.17) is 4.74 Å². The lowest BCUT2D eigenvalue weighted by Gasteiger charge is -2.30. The van der Waals surface area contributed by atoms with Crippen LogP contribution in [0, 0.1) is 0 Å². The highest BCUT2D eigenvalue weighted by Gasteiger charge is 2.30. The maximum atomic E-state index is 12.5. The number of ether oxygens (including phenoxy) is 1. The molecule has 3 aromatic heterocycles. The minimum absolute atomic E-state index is 0.0744. The number of aromatic nitrogens is 4. The average molecular weight is 391 g/mol. The summed E-state index contributed by atoms with van der Waals surface area (Å²) < 4.78 is 34.4. The summed E-state index contributed by atoms with van der Waals surface area (Å²) in [6.07, 6.45) is 4.62. The van der Waals surface area contributed by atoms with E-state index in [9.17, 15) is 8.42 Å². The number of thiophene rings is 1. The molecule has 3 aromatic rings. The van der Waals surface area contributed by atoms with Crippen molar-refractivity contribution in [2.24, 2.45) is 0 Å². The molecule has 0 aliphatic carbocycles. The summed E-state index contributed by atoms with van der Waals surface area (Å²) in [5.74, 6) is 1.04. The summed E-state index contributed by atoms with van der Waals surface area (Å²) in [5, 5.41) is 14.0. The Morgan fingerprint density at radius 1 is 1.12 bits per heavy atom. The number of nitrogens with zero attached hydrogens (tertiary/aromatic N) is 5. The van der Waals surface area contributed by atoms with Crippen LogP contribution >= 0.6 is 11.3 Å². The molecular weight excluding hydrogens is 374 g/mol. The van der Waals surface area contributed by atoms with E-state index in [1.165, 1.54) is 15.6 Å². The largest absolute Gasteiger partial charge is 0.473 e. The number of hydrogen-bond donors (Lipinski definition) is 0. The maximum Gasteiger partial charge on any atom is 0.252 e. The number of hydrogen-bond acceptors (Lipinski definition) is 7. The van der Waals surface area contributed by atoms with E-state index in [0.29, 0.717) is 41.8 Å². The Balaban J connectivity index is 1.35. The molecule has 8 nitrogen and oxygen atoms in total. The first-order chi connectivity index (χ1) is 12.6. The molecule has 4 rings (SSSR count). The quantitative estimate of drug-likeness (QED) is 0.660. The van der Waals surface area contributed by atoms with Gasteiger partial charge >= 0.3 is 0 Å². The molecule has 0 spiro atoms. The lowest BCUT2D eigenvalue weighted by atomic mass is 10.1. The van der Waals surface area contributed by atoms with Gasteiger partial charge in [-0.05, 0) is 36.4 Å². The Kier molecular flexibility index (Phi) is 4.70. The molecule has 1 saturated heterocycles. The minimum Gasteiger partial charge on any atom is -0.473 e. The fourth-order valence-corrected chi connectivity index (χ4v) is 5.42. The maximum absolute atomic E-state index is 12.5. The van der Waals surface area contributed by atoms with Crippen molar-refractivity contribution in [1.82, 2.24) is 24.3 Å². The third-order valence-corrected chi connectivity index (χ3v) is 7.41. The third-order valence-electron chi connectivity index (χ3n) is 4.14. The monoisotopic (exact) mass is 391 g/mol. The van der Waals surface area contributed by atoms with E-state index >= 15 is 0 Å². The molecule has 136 valence electrons. The molecule has 1 aliphatic heterocycles. The first-order valence-corrected chi connectivity index (χ1v) is 10.5. The van der Waals surface area contributed by atoms with E-state index in [1.54, 1.807) is 46.7 Å². The lowest BCUT2D eigenvalue weighted by molar-refractivity contribution is 0.128. The van der Waals surface area contributed by atoms with Crippen LogP contribution in [0.2, 0.25) is 0 Å². The van der Waals surface area contributed by atoms with Crippen LogP contribution in [-0.4, -0.2) is 51.9 Å². The van der Waals surface area contributed by atoms with Gasteiger partial charge in [-0.3, -0.25) is 0 Å². The van der Waals surface area contributed by atoms with Crippen molar-refractivity contribution in [3.63, 3.8) is 0 Å².